The fraction of sp³-hybridized carbons (Fsp3) is 0.316. The minimum absolute atomic E-state index is 0.0417. The summed E-state index contributed by atoms with van der Waals surface area (Å²) in [6, 6.07) is 12.5. The summed E-state index contributed by atoms with van der Waals surface area (Å²) in [5, 5.41) is 14.1. The van der Waals surface area contributed by atoms with Crippen LogP contribution in [-0.2, 0) is 0 Å². The van der Waals surface area contributed by atoms with Gasteiger partial charge in [0.1, 0.15) is 5.56 Å². The highest BCUT2D eigenvalue weighted by atomic mass is 32.2. The van der Waals surface area contributed by atoms with Gasteiger partial charge in [-0.25, -0.2) is 0 Å². The smallest absolute Gasteiger partial charge is 0.286 e. The van der Waals surface area contributed by atoms with Crippen LogP contribution in [-0.4, -0.2) is 36.8 Å². The van der Waals surface area contributed by atoms with Crippen LogP contribution in [0, 0.1) is 10.1 Å². The summed E-state index contributed by atoms with van der Waals surface area (Å²) >= 11 is 1.69. The summed E-state index contributed by atoms with van der Waals surface area (Å²) in [6.45, 7) is 2.56. The first-order chi connectivity index (χ1) is 13.1. The van der Waals surface area contributed by atoms with Crippen LogP contribution < -0.4 is 14.8 Å². The Hall–Kier alpha value is -2.74. The Morgan fingerprint density at radius 2 is 1.96 bits per heavy atom. The molecule has 0 saturated heterocycles. The van der Waals surface area contributed by atoms with Gasteiger partial charge in [0.25, 0.3) is 11.6 Å². The topological polar surface area (TPSA) is 90.7 Å². The highest BCUT2D eigenvalue weighted by Crippen LogP contribution is 2.34. The molecule has 0 aliphatic rings. The fourth-order valence-electron chi connectivity index (χ4n) is 2.39. The number of hydrogen-bond acceptors (Lipinski definition) is 6. The minimum Gasteiger partial charge on any atom is -0.493 e. The lowest BCUT2D eigenvalue weighted by molar-refractivity contribution is -0.385. The van der Waals surface area contributed by atoms with E-state index in [0.29, 0.717) is 18.9 Å². The highest BCUT2D eigenvalue weighted by molar-refractivity contribution is 7.99. The molecular weight excluding hydrogens is 368 g/mol. The molecule has 8 heteroatoms. The normalized spacial score (nSPS) is 10.3. The van der Waals surface area contributed by atoms with Crippen LogP contribution in [0.25, 0.3) is 0 Å². The van der Waals surface area contributed by atoms with E-state index >= 15 is 0 Å². The van der Waals surface area contributed by atoms with Crippen molar-refractivity contribution in [3.63, 3.8) is 0 Å². The van der Waals surface area contributed by atoms with E-state index < -0.39 is 10.8 Å². The first-order valence-corrected chi connectivity index (χ1v) is 9.50. The van der Waals surface area contributed by atoms with E-state index in [-0.39, 0.29) is 17.0 Å². The molecule has 7 nitrogen and oxygen atoms in total. The number of methoxy groups -OCH3 is 1. The maximum absolute atomic E-state index is 12.4. The van der Waals surface area contributed by atoms with Crippen LogP contribution >= 0.6 is 11.8 Å². The average Bonchev–Trinajstić information content (AvgIpc) is 2.68. The first-order valence-electron chi connectivity index (χ1n) is 8.52. The Labute approximate surface area is 162 Å². The van der Waals surface area contributed by atoms with Gasteiger partial charge in [-0.1, -0.05) is 18.2 Å². The molecule has 0 atom stereocenters. The van der Waals surface area contributed by atoms with Crippen LogP contribution in [0.4, 0.5) is 5.69 Å². The monoisotopic (exact) mass is 390 g/mol. The van der Waals surface area contributed by atoms with Gasteiger partial charge in [0.2, 0.25) is 0 Å². The summed E-state index contributed by atoms with van der Waals surface area (Å²) in [7, 11) is 1.39. The number of nitro groups is 1. The molecule has 2 aromatic rings. The van der Waals surface area contributed by atoms with E-state index in [9.17, 15) is 14.9 Å². The lowest BCUT2D eigenvalue weighted by atomic mass is 10.1. The second kappa shape index (κ2) is 10.4. The summed E-state index contributed by atoms with van der Waals surface area (Å²) in [4.78, 5) is 24.3. The standard InChI is InChI=1S/C19H22N2O5S/c1-3-26-18-12-15(16(21(23)24)13-17(18)25-2)19(22)20-10-7-11-27-14-8-5-4-6-9-14/h4-6,8-9,12-13H,3,7,10-11H2,1-2H3,(H,20,22). The van der Waals surface area contributed by atoms with Gasteiger partial charge in [-0.2, -0.15) is 0 Å². The number of carbonyl (C=O) groups is 1. The SMILES string of the molecule is CCOc1cc(C(=O)NCCCSc2ccccc2)c([N+](=O)[O-])cc1OC. The zero-order chi connectivity index (χ0) is 19.6. The molecule has 2 aromatic carbocycles. The highest BCUT2D eigenvalue weighted by Gasteiger charge is 2.24. The lowest BCUT2D eigenvalue weighted by Gasteiger charge is -2.12. The zero-order valence-electron chi connectivity index (χ0n) is 15.3. The van der Waals surface area contributed by atoms with Gasteiger partial charge in [0.15, 0.2) is 11.5 Å². The van der Waals surface area contributed by atoms with Crippen LogP contribution in [0.15, 0.2) is 47.4 Å². The van der Waals surface area contributed by atoms with E-state index in [4.69, 9.17) is 9.47 Å². The molecule has 2 rings (SSSR count). The molecule has 1 amide bonds. The van der Waals surface area contributed by atoms with Crippen molar-refractivity contribution in [2.24, 2.45) is 0 Å². The molecule has 0 heterocycles. The lowest BCUT2D eigenvalue weighted by Crippen LogP contribution is -2.25. The Morgan fingerprint density at radius 3 is 2.59 bits per heavy atom. The molecule has 0 saturated carbocycles. The number of rotatable bonds is 10. The van der Waals surface area contributed by atoms with Crippen molar-refractivity contribution in [2.75, 3.05) is 26.0 Å². The first kappa shape index (κ1) is 20.6. The number of carbonyl (C=O) groups excluding carboxylic acids is 1. The Morgan fingerprint density at radius 1 is 1.22 bits per heavy atom. The van der Waals surface area contributed by atoms with Gasteiger partial charge < -0.3 is 14.8 Å². The maximum atomic E-state index is 12.4. The second-order valence-electron chi connectivity index (χ2n) is 5.48. The molecule has 0 aromatic heterocycles. The predicted octanol–water partition coefficient (Wildman–Crippen LogP) is 3.91. The predicted molar refractivity (Wildman–Crippen MR) is 105 cm³/mol. The molecule has 0 bridgehead atoms. The minimum atomic E-state index is -0.599. The molecule has 1 N–H and O–H groups in total. The number of amides is 1. The van der Waals surface area contributed by atoms with E-state index in [0.717, 1.165) is 17.1 Å². The van der Waals surface area contributed by atoms with Crippen molar-refractivity contribution in [1.82, 2.24) is 5.32 Å². The summed E-state index contributed by atoms with van der Waals surface area (Å²) in [5.74, 6) is 0.851. The van der Waals surface area contributed by atoms with Gasteiger partial charge in [-0.15, -0.1) is 11.8 Å². The van der Waals surface area contributed by atoms with Crippen LogP contribution in [0.3, 0.4) is 0 Å². The van der Waals surface area contributed by atoms with E-state index in [2.05, 4.69) is 5.32 Å². The number of nitro benzene ring substituents is 1. The van der Waals surface area contributed by atoms with Crippen molar-refractivity contribution in [3.8, 4) is 11.5 Å². The molecule has 144 valence electrons. The fourth-order valence-corrected chi connectivity index (χ4v) is 3.26. The van der Waals surface area contributed by atoms with Crippen molar-refractivity contribution >= 4 is 23.4 Å². The third kappa shape index (κ3) is 5.89. The van der Waals surface area contributed by atoms with E-state index in [1.54, 1.807) is 18.7 Å². The number of nitrogens with one attached hydrogen (secondary N) is 1. The van der Waals surface area contributed by atoms with Crippen LogP contribution in [0.5, 0.6) is 11.5 Å². The maximum Gasteiger partial charge on any atom is 0.286 e. The third-order valence-electron chi connectivity index (χ3n) is 3.64. The molecule has 0 spiro atoms. The summed E-state index contributed by atoms with van der Waals surface area (Å²) < 4.78 is 10.5. The molecule has 0 fully saturated rings. The third-order valence-corrected chi connectivity index (χ3v) is 4.74. The number of nitrogens with zero attached hydrogens (tertiary/aromatic N) is 1. The number of hydrogen-bond donors (Lipinski definition) is 1. The number of benzene rings is 2. The molecule has 27 heavy (non-hydrogen) atoms. The molecule has 0 aliphatic carbocycles. The summed E-state index contributed by atoms with van der Waals surface area (Å²) in [6.07, 6.45) is 0.744. The number of thioether (sulfide) groups is 1. The molecular formula is C19H22N2O5S. The largest absolute Gasteiger partial charge is 0.493 e. The quantitative estimate of drug-likeness (QED) is 0.286. The van der Waals surface area contributed by atoms with Crippen molar-refractivity contribution < 1.29 is 19.2 Å². The molecule has 0 radical (unpaired) electrons. The molecule has 0 unspecified atom stereocenters. The van der Waals surface area contributed by atoms with E-state index in [1.165, 1.54) is 19.2 Å². The van der Waals surface area contributed by atoms with Gasteiger partial charge in [-0.3, -0.25) is 14.9 Å². The summed E-state index contributed by atoms with van der Waals surface area (Å²) in [5.41, 5.74) is -0.355. The Bertz CT molecular complexity index is 783. The Kier molecular flexibility index (Phi) is 7.94. The van der Waals surface area contributed by atoms with Gasteiger partial charge >= 0.3 is 0 Å². The number of ether oxygens (including phenoxy) is 2. The van der Waals surface area contributed by atoms with Gasteiger partial charge in [0, 0.05) is 17.5 Å². The zero-order valence-corrected chi connectivity index (χ0v) is 16.1. The van der Waals surface area contributed by atoms with E-state index in [1.807, 2.05) is 30.3 Å². The van der Waals surface area contributed by atoms with Crippen molar-refractivity contribution in [2.45, 2.75) is 18.2 Å². The van der Waals surface area contributed by atoms with Gasteiger partial charge in [-0.05, 0) is 31.2 Å². The van der Waals surface area contributed by atoms with Crippen molar-refractivity contribution in [1.29, 1.82) is 0 Å². The molecule has 0 aliphatic heterocycles. The van der Waals surface area contributed by atoms with Crippen LogP contribution in [0.2, 0.25) is 0 Å². The van der Waals surface area contributed by atoms with Crippen LogP contribution in [0.1, 0.15) is 23.7 Å². The van der Waals surface area contributed by atoms with Gasteiger partial charge in [0.05, 0.1) is 24.7 Å². The van der Waals surface area contributed by atoms with Crippen molar-refractivity contribution in [3.05, 3.63) is 58.1 Å². The average molecular weight is 390 g/mol. The second-order valence-corrected chi connectivity index (χ2v) is 6.65. The Balaban J connectivity index is 1.99.